The Balaban J connectivity index is 0.000000472. The minimum Gasteiger partial charge on any atom is -0.776 e. The molecule has 0 aromatic heterocycles. The van der Waals surface area contributed by atoms with Crippen molar-refractivity contribution in [2.75, 3.05) is 11.5 Å². The standard InChI is InChI=1S/2C9H10O2S.2C4H9.Sn/c2*10-9(7-12)11-6-8-4-2-1-3-5-8;2*1-3-4-2;/h2*1-5,12H,6-7H2;2*1,3-4H2,2H3;/q;;;;+2. The number of rotatable bonds is 12. The molecule has 2 N–H and O–H groups in total. The van der Waals surface area contributed by atoms with Gasteiger partial charge in [-0.05, 0) is 11.5 Å². The zero-order valence-electron chi connectivity index (χ0n) is 19.9. The molecule has 0 bridgehead atoms. The molecule has 0 atom stereocenters. The fourth-order valence-electron chi connectivity index (χ4n) is 2.29. The molecule has 180 valence electrons. The number of benzene rings is 2. The zero-order chi connectivity index (χ0) is 24.6. The summed E-state index contributed by atoms with van der Waals surface area (Å²) in [7, 11) is 0. The van der Waals surface area contributed by atoms with Crippen LogP contribution in [0.3, 0.4) is 0 Å². The van der Waals surface area contributed by atoms with Gasteiger partial charge in [0, 0.05) is 11.1 Å². The molecule has 0 fully saturated rings. The molecular weight excluding hydrogens is 559 g/mol. The van der Waals surface area contributed by atoms with Crippen molar-refractivity contribution in [3.63, 3.8) is 0 Å². The van der Waals surface area contributed by atoms with Crippen LogP contribution in [0, 0.1) is 0 Å². The van der Waals surface area contributed by atoms with E-state index in [4.69, 9.17) is 19.1 Å². The molecule has 0 spiro atoms. The van der Waals surface area contributed by atoms with E-state index in [1.165, 1.54) is 25.7 Å². The molecule has 0 aliphatic carbocycles. The first kappa shape index (κ1) is 31.9. The molecule has 0 amide bonds. The maximum absolute atomic E-state index is 8.91. The average Bonchev–Trinajstić information content (AvgIpc) is 2.87. The van der Waals surface area contributed by atoms with E-state index in [9.17, 15) is 0 Å². The van der Waals surface area contributed by atoms with Crippen LogP contribution in [0.15, 0.2) is 60.7 Å². The van der Waals surface area contributed by atoms with Crippen molar-refractivity contribution in [3.05, 3.63) is 71.8 Å². The van der Waals surface area contributed by atoms with Crippen molar-refractivity contribution in [1.82, 2.24) is 0 Å². The number of carbonyl (C=O) groups excluding carboxylic acids is 2. The van der Waals surface area contributed by atoms with Crippen LogP contribution in [0.25, 0.3) is 0 Å². The summed E-state index contributed by atoms with van der Waals surface area (Å²) < 4.78 is 13.1. The molecule has 7 heteroatoms. The van der Waals surface area contributed by atoms with E-state index < -0.39 is 0 Å². The van der Waals surface area contributed by atoms with Gasteiger partial charge in [-0.25, -0.2) is 0 Å². The van der Waals surface area contributed by atoms with Crippen LogP contribution < -0.4 is 0 Å². The van der Waals surface area contributed by atoms with E-state index >= 15 is 0 Å². The quantitative estimate of drug-likeness (QED) is 0.105. The molecule has 2 rings (SSSR count). The normalized spacial score (nSPS) is 9.33. The Morgan fingerprint density at radius 1 is 0.697 bits per heavy atom. The third-order valence-electron chi connectivity index (χ3n) is 4.16. The smallest absolute Gasteiger partial charge is 0.457 e. The van der Waals surface area contributed by atoms with Crippen molar-refractivity contribution in [2.45, 2.75) is 61.6 Å². The van der Waals surface area contributed by atoms with Gasteiger partial charge in [-0.15, -0.1) is 0 Å². The second-order valence-corrected chi connectivity index (χ2v) is 11.9. The Labute approximate surface area is 221 Å². The van der Waals surface area contributed by atoms with Gasteiger partial charge in [0.15, 0.2) is 0 Å². The molecule has 0 unspecified atom stereocenters. The van der Waals surface area contributed by atoms with Gasteiger partial charge < -0.3 is 44.3 Å². The van der Waals surface area contributed by atoms with Crippen molar-refractivity contribution < 1.29 is 19.1 Å². The number of unbranched alkanes of at least 4 members (excludes halogenated alkanes) is 2. The summed E-state index contributed by atoms with van der Waals surface area (Å²) in [6, 6.07) is 19.3. The maximum atomic E-state index is 8.91. The Morgan fingerprint density at radius 2 is 1.06 bits per heavy atom. The minimum atomic E-state index is -0.0890. The van der Waals surface area contributed by atoms with Gasteiger partial charge in [-0.2, -0.15) is 0 Å². The summed E-state index contributed by atoms with van der Waals surface area (Å²) >= 11 is 9.31. The number of esters is 2. The molecule has 33 heavy (non-hydrogen) atoms. The molecule has 0 heterocycles. The van der Waals surface area contributed by atoms with Crippen LogP contribution in [0.4, 0.5) is 0 Å². The predicted molar refractivity (Wildman–Crippen MR) is 146 cm³/mol. The minimum absolute atomic E-state index is 0.0890. The number of hydrogen-bond donors (Lipinski definition) is 0. The second-order valence-electron chi connectivity index (χ2n) is 7.08. The fourth-order valence-corrected chi connectivity index (χ4v) is 6.62. The van der Waals surface area contributed by atoms with Crippen molar-refractivity contribution in [3.8, 4) is 0 Å². The molecule has 0 saturated carbocycles. The van der Waals surface area contributed by atoms with Crippen molar-refractivity contribution >= 4 is 58.3 Å². The van der Waals surface area contributed by atoms with Crippen LogP contribution in [-0.2, 0) is 47.9 Å². The van der Waals surface area contributed by atoms with Crippen LogP contribution in [0.1, 0.15) is 50.7 Å². The third-order valence-corrected chi connectivity index (χ3v) is 8.69. The van der Waals surface area contributed by atoms with Crippen LogP contribution >= 0.6 is 0 Å². The van der Waals surface area contributed by atoms with Gasteiger partial charge >= 0.3 is 81.5 Å². The monoisotopic (exact) mass is 598 g/mol. The van der Waals surface area contributed by atoms with Gasteiger partial charge in [0.25, 0.3) is 0 Å². The van der Waals surface area contributed by atoms with Gasteiger partial charge in [0.05, 0.1) is 0 Å². The van der Waals surface area contributed by atoms with Crippen molar-refractivity contribution in [2.24, 2.45) is 0 Å². The molecule has 0 radical (unpaired) electrons. The zero-order valence-corrected chi connectivity index (χ0v) is 24.4. The van der Waals surface area contributed by atoms with Gasteiger partial charge in [0.2, 0.25) is 13.2 Å². The largest absolute Gasteiger partial charge is 0.776 e. The molecular formula is C26H38O4S2Sn+2. The molecule has 0 aliphatic heterocycles. The van der Waals surface area contributed by atoms with Gasteiger partial charge in [0.1, 0.15) is 0 Å². The van der Waals surface area contributed by atoms with Crippen LogP contribution in [0.5, 0.6) is 0 Å². The Kier molecular flexibility index (Phi) is 23.2. The number of hydrogen-bond acceptors (Lipinski definition) is 4. The molecule has 0 saturated heterocycles. The fraction of sp³-hybridized carbons (Fsp3) is 0.462. The first-order valence-electron chi connectivity index (χ1n) is 11.4. The molecule has 2 aromatic rings. The summed E-state index contributed by atoms with van der Waals surface area (Å²) in [6.45, 7) is 5.34. The number of ether oxygens (including phenoxy) is 2. The Morgan fingerprint density at radius 3 is 1.36 bits per heavy atom. The van der Waals surface area contributed by atoms with E-state index in [-0.39, 0.29) is 44.6 Å². The summed E-state index contributed by atoms with van der Waals surface area (Å²) in [5.41, 5.74) is 2.04. The van der Waals surface area contributed by atoms with E-state index in [2.05, 4.69) is 39.1 Å². The van der Waals surface area contributed by atoms with Gasteiger partial charge in [-0.3, -0.25) is 0 Å². The summed E-state index contributed by atoms with van der Waals surface area (Å²) in [5, 5.41) is 0. The molecule has 4 nitrogen and oxygen atoms in total. The van der Waals surface area contributed by atoms with Crippen molar-refractivity contribution in [1.29, 1.82) is 0 Å². The topological polar surface area (TPSA) is 61.3 Å². The van der Waals surface area contributed by atoms with E-state index in [1.54, 1.807) is 8.87 Å². The average molecular weight is 597 g/mol. The maximum Gasteiger partial charge on any atom is 0.457 e. The van der Waals surface area contributed by atoms with E-state index in [0.717, 1.165) is 11.1 Å². The Bertz CT molecular complexity index is 653. The van der Waals surface area contributed by atoms with Crippen LogP contribution in [0.2, 0.25) is 8.87 Å². The third kappa shape index (κ3) is 21.2. The summed E-state index contributed by atoms with van der Waals surface area (Å²) in [6.07, 6.45) is 5.84. The summed E-state index contributed by atoms with van der Waals surface area (Å²) in [5.74, 6) is 0.0855. The SMILES string of the molecule is CCC[CH2][Sn+2][CH2]CCC.[OH+]=C(C[S-])OCc1ccccc1.[OH+]=C(C[S-])OCc1ccccc1. The van der Waals surface area contributed by atoms with E-state index in [1.807, 2.05) is 60.7 Å². The first-order chi connectivity index (χ1) is 16.1. The summed E-state index contributed by atoms with van der Waals surface area (Å²) in [4.78, 5) is 17.8. The van der Waals surface area contributed by atoms with Crippen LogP contribution in [-0.4, -0.2) is 54.2 Å². The molecule has 0 aliphatic rings. The second kappa shape index (κ2) is 24.0. The molecule has 2 aromatic carbocycles. The predicted octanol–water partition coefficient (Wildman–Crippen LogP) is 5.63. The van der Waals surface area contributed by atoms with Gasteiger partial charge in [-0.1, -0.05) is 60.7 Å². The van der Waals surface area contributed by atoms with E-state index in [0.29, 0.717) is 13.2 Å². The first-order valence-corrected chi connectivity index (χ1v) is 16.6. The Hall–Kier alpha value is -1.12.